The van der Waals surface area contributed by atoms with E-state index in [1.54, 1.807) is 54.6 Å². The Bertz CT molecular complexity index is 2520. The number of fused-ring (bicyclic) bond motifs is 2. The van der Waals surface area contributed by atoms with Crippen LogP contribution in [0.5, 0.6) is 0 Å². The minimum atomic E-state index is -5.87. The Morgan fingerprint density at radius 2 is 1.69 bits per heavy atom. The molecule has 13 nitrogen and oxygen atoms in total. The lowest BCUT2D eigenvalue weighted by molar-refractivity contribution is -0.144. The monoisotopic (exact) mass is 812 g/mol. The van der Waals surface area contributed by atoms with Gasteiger partial charge in [-0.05, 0) is 72.4 Å². The highest BCUT2D eigenvalue weighted by molar-refractivity contribution is 7.52. The van der Waals surface area contributed by atoms with E-state index in [0.29, 0.717) is 29.5 Å². The number of alkyl halides is 2. The molecule has 58 heavy (non-hydrogen) atoms. The summed E-state index contributed by atoms with van der Waals surface area (Å²) in [4.78, 5) is 79.8. The van der Waals surface area contributed by atoms with Crippen LogP contribution in [0, 0.1) is 17.1 Å². The van der Waals surface area contributed by atoms with Crippen LogP contribution in [0.1, 0.15) is 46.4 Å². The highest BCUT2D eigenvalue weighted by Crippen LogP contribution is 2.59. The Balaban J connectivity index is 1.14. The summed E-state index contributed by atoms with van der Waals surface area (Å²) in [7, 11) is -5.87. The number of H-pyrrole nitrogens is 1. The number of benzene rings is 4. The molecule has 0 spiro atoms. The number of carbonyl (C=O) groups is 4. The maximum atomic E-state index is 15.5. The third kappa shape index (κ3) is 7.97. The number of amides is 4. The molecule has 0 aliphatic carbocycles. The zero-order chi connectivity index (χ0) is 41.4. The lowest BCUT2D eigenvalue weighted by Crippen LogP contribution is -2.60. The molecular weight excluding hydrogens is 776 g/mol. The van der Waals surface area contributed by atoms with E-state index < -0.39 is 60.5 Å². The first-order valence-electron chi connectivity index (χ1n) is 18.3. The molecule has 0 unspecified atom stereocenters. The molecule has 4 amide bonds. The standard InChI is InChI=1S/C41H36F3N6O7P/c42-31-20-25(30-9-5-4-8-26(30)22-45)10-13-33(31)47-39(53)36-15-12-29-16-17-49(37(51)18-24-6-2-1-3-7-24)23-35(40(54)50(29)36)48-38(52)34-21-27-19-28(11-14-32(27)46-34)41(43,44)58(55,56)57/h1-11,13-14,19-21,29,35-36,46H,12,15-18,23H2,(H,47,53)(H,48,52)(H2,55,56,57)/t29-,35+,36+/m1/s1. The predicted octanol–water partition coefficient (Wildman–Crippen LogP) is 5.64. The molecule has 2 saturated heterocycles. The summed E-state index contributed by atoms with van der Waals surface area (Å²) in [6.07, 6.45) is 0.924. The maximum Gasteiger partial charge on any atom is 0.399 e. The van der Waals surface area contributed by atoms with Crippen molar-refractivity contribution in [1.29, 1.82) is 5.26 Å². The topological polar surface area (TPSA) is 196 Å². The van der Waals surface area contributed by atoms with Crippen molar-refractivity contribution in [3.05, 3.63) is 125 Å². The second-order valence-corrected chi connectivity index (χ2v) is 15.9. The van der Waals surface area contributed by atoms with Crippen LogP contribution in [0.25, 0.3) is 22.0 Å². The van der Waals surface area contributed by atoms with Gasteiger partial charge in [0.25, 0.3) is 5.91 Å². The Kier molecular flexibility index (Phi) is 11.0. The average molecular weight is 813 g/mol. The number of anilines is 1. The summed E-state index contributed by atoms with van der Waals surface area (Å²) in [5.74, 6) is -3.26. The van der Waals surface area contributed by atoms with E-state index in [9.17, 15) is 47.6 Å². The first kappa shape index (κ1) is 39.9. The Morgan fingerprint density at radius 1 is 0.948 bits per heavy atom. The fraction of sp³-hybridized carbons (Fsp3) is 0.244. The van der Waals surface area contributed by atoms with Crippen LogP contribution in [0.4, 0.5) is 18.9 Å². The normalized spacial score (nSPS) is 18.6. The summed E-state index contributed by atoms with van der Waals surface area (Å²) in [5.41, 5.74) is -3.58. The van der Waals surface area contributed by atoms with E-state index in [4.69, 9.17) is 0 Å². The Morgan fingerprint density at radius 3 is 2.41 bits per heavy atom. The molecule has 17 heteroatoms. The van der Waals surface area contributed by atoms with Gasteiger partial charge in [0, 0.05) is 35.6 Å². The van der Waals surface area contributed by atoms with Crippen molar-refractivity contribution >= 4 is 47.8 Å². The summed E-state index contributed by atoms with van der Waals surface area (Å²) in [6.45, 7) is -0.0863. The summed E-state index contributed by atoms with van der Waals surface area (Å²) in [5, 5.41) is 14.8. The molecule has 3 atom stereocenters. The molecular formula is C41H36F3N6O7P. The molecule has 298 valence electrons. The number of halogens is 3. The van der Waals surface area contributed by atoms with E-state index in [-0.39, 0.29) is 54.1 Å². The molecule has 0 radical (unpaired) electrons. The van der Waals surface area contributed by atoms with E-state index in [2.05, 4.69) is 21.7 Å². The zero-order valence-corrected chi connectivity index (χ0v) is 31.5. The lowest BCUT2D eigenvalue weighted by Gasteiger charge is -2.38. The van der Waals surface area contributed by atoms with Gasteiger partial charge < -0.3 is 35.2 Å². The van der Waals surface area contributed by atoms with Gasteiger partial charge in [0.2, 0.25) is 17.7 Å². The molecule has 0 saturated carbocycles. The molecule has 2 aliphatic heterocycles. The van der Waals surface area contributed by atoms with Gasteiger partial charge in [-0.15, -0.1) is 0 Å². The average Bonchev–Trinajstić information content (AvgIpc) is 3.83. The minimum absolute atomic E-state index is 0.0190. The fourth-order valence-electron chi connectivity index (χ4n) is 7.53. The number of nitrogens with zero attached hydrogens (tertiary/aromatic N) is 3. The number of rotatable bonds is 9. The number of aromatic nitrogens is 1. The first-order valence-corrected chi connectivity index (χ1v) is 19.9. The smallest absolute Gasteiger partial charge is 0.351 e. The highest BCUT2D eigenvalue weighted by Gasteiger charge is 2.50. The number of carbonyl (C=O) groups excluding carboxylic acids is 4. The largest absolute Gasteiger partial charge is 0.399 e. The van der Waals surface area contributed by atoms with Crippen molar-refractivity contribution in [2.45, 2.75) is 49.5 Å². The zero-order valence-electron chi connectivity index (χ0n) is 30.6. The molecule has 5 N–H and O–H groups in total. The molecule has 2 fully saturated rings. The summed E-state index contributed by atoms with van der Waals surface area (Å²) in [6, 6.07) is 22.8. The van der Waals surface area contributed by atoms with E-state index in [1.165, 1.54) is 28.0 Å². The van der Waals surface area contributed by atoms with Crippen molar-refractivity contribution in [1.82, 2.24) is 20.1 Å². The second kappa shape index (κ2) is 15.9. The number of nitriles is 1. The van der Waals surface area contributed by atoms with Gasteiger partial charge in [-0.2, -0.15) is 14.0 Å². The molecule has 5 aromatic rings. The molecule has 3 heterocycles. The van der Waals surface area contributed by atoms with Crippen LogP contribution in [-0.2, 0) is 31.0 Å². The van der Waals surface area contributed by atoms with E-state index in [1.807, 2.05) is 6.07 Å². The van der Waals surface area contributed by atoms with E-state index in [0.717, 1.165) is 23.8 Å². The molecule has 2 aliphatic rings. The van der Waals surface area contributed by atoms with Crippen LogP contribution in [0.3, 0.4) is 0 Å². The quantitative estimate of drug-likeness (QED) is 0.118. The number of hydrogen-bond donors (Lipinski definition) is 5. The molecule has 1 aromatic heterocycles. The SMILES string of the molecule is N#Cc1ccccc1-c1ccc(NC(=O)[C@@H]2CC[C@@H]3CCN(C(=O)Cc4ccccc4)C[C@H](NC(=O)c4cc5cc(C(F)(F)P(=O)(O)O)ccc5[nH]4)C(=O)N32)c(F)c1. The third-order valence-electron chi connectivity index (χ3n) is 10.5. The van der Waals surface area contributed by atoms with Crippen LogP contribution >= 0.6 is 7.60 Å². The first-order chi connectivity index (χ1) is 27.6. The second-order valence-electron chi connectivity index (χ2n) is 14.2. The van der Waals surface area contributed by atoms with Crippen molar-refractivity contribution in [2.75, 3.05) is 18.4 Å². The van der Waals surface area contributed by atoms with E-state index >= 15 is 4.39 Å². The third-order valence-corrected chi connectivity index (χ3v) is 11.5. The van der Waals surface area contributed by atoms with Gasteiger partial charge in [0.1, 0.15) is 23.6 Å². The number of hydrogen-bond acceptors (Lipinski definition) is 6. The van der Waals surface area contributed by atoms with Gasteiger partial charge in [-0.25, -0.2) is 4.39 Å². The molecule has 7 rings (SSSR count). The Hall–Kier alpha value is -6.27. The van der Waals surface area contributed by atoms with Crippen molar-refractivity contribution in [2.24, 2.45) is 0 Å². The summed E-state index contributed by atoms with van der Waals surface area (Å²) >= 11 is 0. The predicted molar refractivity (Wildman–Crippen MR) is 206 cm³/mol. The Labute approximate surface area is 329 Å². The minimum Gasteiger partial charge on any atom is -0.351 e. The van der Waals surface area contributed by atoms with Crippen LogP contribution in [-0.4, -0.2) is 79.4 Å². The summed E-state index contributed by atoms with van der Waals surface area (Å²) < 4.78 is 55.9. The van der Waals surface area contributed by atoms with Crippen LogP contribution in [0.15, 0.2) is 97.1 Å². The molecule has 0 bridgehead atoms. The fourth-order valence-corrected chi connectivity index (χ4v) is 8.00. The van der Waals surface area contributed by atoms with Gasteiger partial charge >= 0.3 is 13.3 Å². The van der Waals surface area contributed by atoms with Gasteiger partial charge in [-0.1, -0.05) is 60.7 Å². The number of aromatic amines is 1. The van der Waals surface area contributed by atoms with Crippen molar-refractivity contribution in [3.63, 3.8) is 0 Å². The van der Waals surface area contributed by atoms with Crippen LogP contribution in [0.2, 0.25) is 0 Å². The van der Waals surface area contributed by atoms with Gasteiger partial charge in [-0.3, -0.25) is 23.7 Å². The van der Waals surface area contributed by atoms with Crippen LogP contribution < -0.4 is 10.6 Å². The highest BCUT2D eigenvalue weighted by atomic mass is 31.2. The van der Waals surface area contributed by atoms with Crippen molar-refractivity contribution < 1.29 is 46.7 Å². The van der Waals surface area contributed by atoms with Crippen molar-refractivity contribution in [3.8, 4) is 17.2 Å². The number of nitrogens with one attached hydrogen (secondary N) is 3. The van der Waals surface area contributed by atoms with Gasteiger partial charge in [0.05, 0.1) is 23.7 Å². The maximum absolute atomic E-state index is 15.5. The lowest BCUT2D eigenvalue weighted by atomic mass is 10.00. The van der Waals surface area contributed by atoms with Gasteiger partial charge in [0.15, 0.2) is 0 Å². The molecule has 4 aromatic carbocycles.